The van der Waals surface area contributed by atoms with E-state index in [1.54, 1.807) is 11.3 Å². The Morgan fingerprint density at radius 1 is 1.12 bits per heavy atom. The van der Waals surface area contributed by atoms with Crippen molar-refractivity contribution in [2.45, 2.75) is 19.1 Å². The number of aliphatic hydroxyl groups is 1. The van der Waals surface area contributed by atoms with E-state index in [0.717, 1.165) is 30.2 Å². The van der Waals surface area contributed by atoms with Crippen molar-refractivity contribution in [1.82, 2.24) is 9.88 Å². The molecule has 2 N–H and O–H groups in total. The molecule has 1 aromatic heterocycles. The fourth-order valence-electron chi connectivity index (χ4n) is 3.23. The number of fused-ring (bicyclic) bond motifs is 2. The number of aliphatic hydroxyl groups excluding tert-OH is 1. The number of benzene rings is 2. The summed E-state index contributed by atoms with van der Waals surface area (Å²) in [4.78, 5) is 6.87. The van der Waals surface area contributed by atoms with Crippen LogP contribution in [-0.2, 0) is 13.0 Å². The van der Waals surface area contributed by atoms with E-state index in [1.165, 1.54) is 15.8 Å². The zero-order valence-electron chi connectivity index (χ0n) is 13.5. The molecular weight excluding hydrogens is 318 g/mol. The lowest BCUT2D eigenvalue weighted by Crippen LogP contribution is -2.39. The van der Waals surface area contributed by atoms with Gasteiger partial charge in [-0.1, -0.05) is 47.7 Å². The van der Waals surface area contributed by atoms with Gasteiger partial charge in [0.1, 0.15) is 0 Å². The van der Waals surface area contributed by atoms with Crippen molar-refractivity contribution in [2.75, 3.05) is 25.0 Å². The van der Waals surface area contributed by atoms with Crippen molar-refractivity contribution in [3.05, 3.63) is 59.7 Å². The summed E-state index contributed by atoms with van der Waals surface area (Å²) in [6.45, 7) is 3.15. The number of aromatic nitrogens is 1. The van der Waals surface area contributed by atoms with Crippen LogP contribution >= 0.6 is 11.3 Å². The molecule has 2 aromatic carbocycles. The van der Waals surface area contributed by atoms with Gasteiger partial charge in [-0.3, -0.25) is 4.90 Å². The highest BCUT2D eigenvalue weighted by atomic mass is 32.1. The predicted octanol–water partition coefficient (Wildman–Crippen LogP) is 3.13. The van der Waals surface area contributed by atoms with Gasteiger partial charge in [0, 0.05) is 26.2 Å². The maximum absolute atomic E-state index is 10.4. The minimum Gasteiger partial charge on any atom is -0.390 e. The lowest BCUT2D eigenvalue weighted by atomic mass is 10.00. The summed E-state index contributed by atoms with van der Waals surface area (Å²) < 4.78 is 1.17. The Morgan fingerprint density at radius 3 is 2.79 bits per heavy atom. The first kappa shape index (κ1) is 15.6. The topological polar surface area (TPSA) is 48.4 Å². The second-order valence-corrected chi connectivity index (χ2v) is 7.31. The van der Waals surface area contributed by atoms with Gasteiger partial charge in [-0.15, -0.1) is 0 Å². The van der Waals surface area contributed by atoms with Crippen molar-refractivity contribution in [1.29, 1.82) is 0 Å². The van der Waals surface area contributed by atoms with Crippen LogP contribution < -0.4 is 5.32 Å². The molecule has 4 nitrogen and oxygen atoms in total. The van der Waals surface area contributed by atoms with Crippen LogP contribution in [0.15, 0.2) is 48.5 Å². The Kier molecular flexibility index (Phi) is 4.47. The number of hydrogen-bond donors (Lipinski definition) is 2. The van der Waals surface area contributed by atoms with E-state index in [0.29, 0.717) is 13.1 Å². The Labute approximate surface area is 145 Å². The third kappa shape index (κ3) is 3.43. The van der Waals surface area contributed by atoms with Crippen LogP contribution in [0.4, 0.5) is 5.13 Å². The molecule has 0 saturated heterocycles. The molecule has 4 rings (SSSR count). The Bertz CT molecular complexity index is 799. The first-order valence-corrected chi connectivity index (χ1v) is 9.16. The van der Waals surface area contributed by atoms with E-state index in [2.05, 4.69) is 45.5 Å². The second-order valence-electron chi connectivity index (χ2n) is 6.28. The highest BCUT2D eigenvalue weighted by Crippen LogP contribution is 2.25. The summed E-state index contributed by atoms with van der Waals surface area (Å²) in [7, 11) is 0. The van der Waals surface area contributed by atoms with E-state index in [1.807, 2.05) is 18.2 Å². The Morgan fingerprint density at radius 2 is 1.92 bits per heavy atom. The number of β-amino-alcohol motifs (C(OH)–C–C–N with tert-alkyl or cyclic N) is 1. The zero-order chi connectivity index (χ0) is 16.4. The molecule has 0 fully saturated rings. The summed E-state index contributed by atoms with van der Waals surface area (Å²) in [6.07, 6.45) is 0.663. The molecule has 0 spiro atoms. The molecular formula is C19H21N3OS. The zero-order valence-corrected chi connectivity index (χ0v) is 14.3. The molecule has 0 aliphatic carbocycles. The highest BCUT2D eigenvalue weighted by Gasteiger charge is 2.18. The maximum Gasteiger partial charge on any atom is 0.183 e. The largest absolute Gasteiger partial charge is 0.390 e. The average molecular weight is 339 g/mol. The van der Waals surface area contributed by atoms with Crippen molar-refractivity contribution in [3.63, 3.8) is 0 Å². The molecule has 2 heterocycles. The van der Waals surface area contributed by atoms with Crippen LogP contribution in [0.25, 0.3) is 10.2 Å². The van der Waals surface area contributed by atoms with Gasteiger partial charge in [0.15, 0.2) is 5.13 Å². The molecule has 3 aromatic rings. The van der Waals surface area contributed by atoms with E-state index in [-0.39, 0.29) is 0 Å². The lowest BCUT2D eigenvalue weighted by Gasteiger charge is -2.30. The molecule has 5 heteroatoms. The van der Waals surface area contributed by atoms with E-state index in [9.17, 15) is 5.11 Å². The first-order chi connectivity index (χ1) is 11.8. The number of thiazole rings is 1. The molecule has 1 unspecified atom stereocenters. The van der Waals surface area contributed by atoms with Crippen molar-refractivity contribution in [2.24, 2.45) is 0 Å². The molecule has 1 aliphatic rings. The van der Waals surface area contributed by atoms with Crippen LogP contribution in [0.2, 0.25) is 0 Å². The third-order valence-corrected chi connectivity index (χ3v) is 5.46. The first-order valence-electron chi connectivity index (χ1n) is 8.34. The van der Waals surface area contributed by atoms with Gasteiger partial charge in [0.05, 0.1) is 16.3 Å². The molecule has 0 saturated carbocycles. The standard InChI is InChI=1S/C19H21N3OS/c23-16(11-20-19-21-17-7-3-4-8-18(17)24-19)13-22-10-9-14-5-1-2-6-15(14)12-22/h1-8,16,23H,9-13H2,(H,20,21). The minimum atomic E-state index is -0.401. The Hall–Kier alpha value is -1.95. The van der Waals surface area contributed by atoms with Gasteiger partial charge < -0.3 is 10.4 Å². The molecule has 24 heavy (non-hydrogen) atoms. The van der Waals surface area contributed by atoms with Gasteiger partial charge in [-0.25, -0.2) is 4.98 Å². The summed E-state index contributed by atoms with van der Waals surface area (Å²) in [6, 6.07) is 16.7. The monoisotopic (exact) mass is 339 g/mol. The maximum atomic E-state index is 10.4. The van der Waals surface area contributed by atoms with Crippen LogP contribution in [0.5, 0.6) is 0 Å². The van der Waals surface area contributed by atoms with Crippen LogP contribution in [0.1, 0.15) is 11.1 Å². The SMILES string of the molecule is OC(CNc1nc2ccccc2s1)CN1CCc2ccccc2C1. The van der Waals surface area contributed by atoms with E-state index < -0.39 is 6.10 Å². The number of nitrogens with zero attached hydrogens (tertiary/aromatic N) is 2. The van der Waals surface area contributed by atoms with Gasteiger partial charge in [-0.05, 0) is 29.7 Å². The van der Waals surface area contributed by atoms with E-state index in [4.69, 9.17) is 0 Å². The van der Waals surface area contributed by atoms with Crippen LogP contribution in [0.3, 0.4) is 0 Å². The normalized spacial score (nSPS) is 16.0. The quantitative estimate of drug-likeness (QED) is 0.750. The third-order valence-electron chi connectivity index (χ3n) is 4.46. The van der Waals surface area contributed by atoms with Gasteiger partial charge in [0.25, 0.3) is 0 Å². The predicted molar refractivity (Wildman–Crippen MR) is 99.5 cm³/mol. The van der Waals surface area contributed by atoms with Crippen molar-refractivity contribution >= 4 is 26.7 Å². The minimum absolute atomic E-state index is 0.401. The summed E-state index contributed by atoms with van der Waals surface area (Å²) >= 11 is 1.63. The smallest absolute Gasteiger partial charge is 0.183 e. The van der Waals surface area contributed by atoms with E-state index >= 15 is 0 Å². The fourth-order valence-corrected chi connectivity index (χ4v) is 4.10. The van der Waals surface area contributed by atoms with Gasteiger partial charge >= 0.3 is 0 Å². The number of rotatable bonds is 5. The number of para-hydroxylation sites is 1. The summed E-state index contributed by atoms with van der Waals surface area (Å²) in [5, 5.41) is 14.5. The highest BCUT2D eigenvalue weighted by molar-refractivity contribution is 7.22. The summed E-state index contributed by atoms with van der Waals surface area (Å²) in [5.74, 6) is 0. The molecule has 0 radical (unpaired) electrons. The molecule has 124 valence electrons. The van der Waals surface area contributed by atoms with Crippen LogP contribution in [-0.4, -0.2) is 40.7 Å². The molecule has 1 aliphatic heterocycles. The lowest BCUT2D eigenvalue weighted by molar-refractivity contribution is 0.114. The van der Waals surface area contributed by atoms with Gasteiger partial charge in [0.2, 0.25) is 0 Å². The molecule has 1 atom stereocenters. The number of hydrogen-bond acceptors (Lipinski definition) is 5. The molecule has 0 bridgehead atoms. The second kappa shape index (κ2) is 6.89. The van der Waals surface area contributed by atoms with Gasteiger partial charge in [-0.2, -0.15) is 0 Å². The van der Waals surface area contributed by atoms with Crippen LogP contribution in [0, 0.1) is 0 Å². The number of anilines is 1. The molecule has 0 amide bonds. The Balaban J connectivity index is 1.31. The number of nitrogens with one attached hydrogen (secondary N) is 1. The average Bonchev–Trinajstić information content (AvgIpc) is 3.03. The van der Waals surface area contributed by atoms with Crippen molar-refractivity contribution < 1.29 is 5.11 Å². The summed E-state index contributed by atoms with van der Waals surface area (Å²) in [5.41, 5.74) is 3.83. The van der Waals surface area contributed by atoms with Crippen molar-refractivity contribution in [3.8, 4) is 0 Å². The fraction of sp³-hybridized carbons (Fsp3) is 0.316.